The molecule has 0 aliphatic rings. The number of halogens is 1. The van der Waals surface area contributed by atoms with Crippen molar-refractivity contribution in [3.05, 3.63) is 40.9 Å². The first kappa shape index (κ1) is 13.3. The molecule has 0 amide bonds. The van der Waals surface area contributed by atoms with Crippen LogP contribution in [0.5, 0.6) is 0 Å². The normalized spacial score (nSPS) is 11.7. The molecule has 4 nitrogen and oxygen atoms in total. The van der Waals surface area contributed by atoms with Crippen molar-refractivity contribution in [2.75, 3.05) is 17.6 Å². The van der Waals surface area contributed by atoms with Gasteiger partial charge in [-0.25, -0.2) is 13.6 Å². The van der Waals surface area contributed by atoms with E-state index < -0.39 is 10.0 Å². The molecule has 0 bridgehead atoms. The van der Waals surface area contributed by atoms with Gasteiger partial charge in [0.05, 0.1) is 5.75 Å². The topological polar surface area (TPSA) is 72.2 Å². The zero-order valence-electron chi connectivity index (χ0n) is 9.56. The molecule has 0 saturated heterocycles. The molecule has 0 atom stereocenters. The highest BCUT2D eigenvalue weighted by Crippen LogP contribution is 2.29. The van der Waals surface area contributed by atoms with Gasteiger partial charge in [-0.15, -0.1) is 0 Å². The van der Waals surface area contributed by atoms with Crippen LogP contribution in [0.3, 0.4) is 0 Å². The summed E-state index contributed by atoms with van der Waals surface area (Å²) in [7, 11) is -3.43. The third-order valence-electron chi connectivity index (χ3n) is 2.57. The summed E-state index contributed by atoms with van der Waals surface area (Å²) in [5.41, 5.74) is 0.900. The molecular formula is C12H13BrN2O2S. The minimum Gasteiger partial charge on any atom is -0.383 e. The highest BCUT2D eigenvalue weighted by Gasteiger charge is 2.05. The fraction of sp³-hybridized carbons (Fsp3) is 0.167. The van der Waals surface area contributed by atoms with E-state index in [1.54, 1.807) is 0 Å². The molecule has 2 aromatic rings. The van der Waals surface area contributed by atoms with E-state index in [9.17, 15) is 8.42 Å². The molecule has 2 aromatic carbocycles. The predicted molar refractivity (Wildman–Crippen MR) is 78.1 cm³/mol. The van der Waals surface area contributed by atoms with Crippen molar-refractivity contribution >= 4 is 42.4 Å². The number of hydrogen-bond donors (Lipinski definition) is 2. The summed E-state index contributed by atoms with van der Waals surface area (Å²) < 4.78 is 22.7. The second-order valence-electron chi connectivity index (χ2n) is 3.93. The average Bonchev–Trinajstić information content (AvgIpc) is 2.31. The molecule has 0 unspecified atom stereocenters. The Hall–Kier alpha value is -1.11. The SMILES string of the molecule is NS(=O)(=O)CCNc1ccc(Br)c2ccccc12. The molecule has 0 aliphatic carbocycles. The van der Waals surface area contributed by atoms with E-state index in [1.807, 2.05) is 36.4 Å². The number of nitrogens with two attached hydrogens (primary N) is 1. The van der Waals surface area contributed by atoms with Gasteiger partial charge in [-0.05, 0) is 17.5 Å². The summed E-state index contributed by atoms with van der Waals surface area (Å²) in [5.74, 6) is -0.0859. The number of sulfonamides is 1. The van der Waals surface area contributed by atoms with Gasteiger partial charge in [0.25, 0.3) is 0 Å². The van der Waals surface area contributed by atoms with Crippen LogP contribution in [0.25, 0.3) is 10.8 Å². The van der Waals surface area contributed by atoms with Crippen LogP contribution in [0.2, 0.25) is 0 Å². The maximum atomic E-state index is 10.9. The molecule has 96 valence electrons. The fourth-order valence-corrected chi connectivity index (χ4v) is 2.61. The Bertz CT molecular complexity index is 671. The lowest BCUT2D eigenvalue weighted by molar-refractivity contribution is 0.598. The summed E-state index contributed by atoms with van der Waals surface area (Å²) in [6, 6.07) is 11.7. The van der Waals surface area contributed by atoms with E-state index in [0.29, 0.717) is 6.54 Å². The van der Waals surface area contributed by atoms with E-state index in [-0.39, 0.29) is 5.75 Å². The summed E-state index contributed by atoms with van der Waals surface area (Å²) in [6.45, 7) is 0.296. The molecule has 18 heavy (non-hydrogen) atoms. The summed E-state index contributed by atoms with van der Waals surface area (Å²) in [5, 5.41) is 10.2. The molecule has 3 N–H and O–H groups in total. The Balaban J connectivity index is 2.26. The Kier molecular flexibility index (Phi) is 3.89. The largest absolute Gasteiger partial charge is 0.383 e. The first-order valence-electron chi connectivity index (χ1n) is 5.39. The van der Waals surface area contributed by atoms with Crippen molar-refractivity contribution in [1.29, 1.82) is 0 Å². The van der Waals surface area contributed by atoms with Gasteiger partial charge < -0.3 is 5.32 Å². The van der Waals surface area contributed by atoms with Gasteiger partial charge in [-0.1, -0.05) is 40.2 Å². The van der Waals surface area contributed by atoms with Crippen LogP contribution in [-0.2, 0) is 10.0 Å². The second-order valence-corrected chi connectivity index (χ2v) is 6.52. The van der Waals surface area contributed by atoms with E-state index in [2.05, 4.69) is 21.2 Å². The van der Waals surface area contributed by atoms with Crippen molar-refractivity contribution in [3.8, 4) is 0 Å². The van der Waals surface area contributed by atoms with E-state index in [4.69, 9.17) is 5.14 Å². The van der Waals surface area contributed by atoms with Crippen LogP contribution in [0.1, 0.15) is 0 Å². The van der Waals surface area contributed by atoms with Crippen LogP contribution in [-0.4, -0.2) is 20.7 Å². The molecule has 0 aliphatic heterocycles. The van der Waals surface area contributed by atoms with Gasteiger partial charge >= 0.3 is 0 Å². The molecule has 0 radical (unpaired) electrons. The molecule has 0 fully saturated rings. The number of fused-ring (bicyclic) bond motifs is 1. The highest BCUT2D eigenvalue weighted by atomic mass is 79.9. The quantitative estimate of drug-likeness (QED) is 0.904. The number of primary sulfonamides is 1. The Morgan fingerprint density at radius 3 is 2.44 bits per heavy atom. The lowest BCUT2D eigenvalue weighted by Gasteiger charge is -2.10. The van der Waals surface area contributed by atoms with Crippen LogP contribution in [0.4, 0.5) is 5.69 Å². The summed E-state index contributed by atoms with van der Waals surface area (Å²) in [6.07, 6.45) is 0. The molecule has 0 heterocycles. The minimum absolute atomic E-state index is 0.0859. The van der Waals surface area contributed by atoms with Crippen molar-refractivity contribution < 1.29 is 8.42 Å². The van der Waals surface area contributed by atoms with E-state index in [0.717, 1.165) is 20.9 Å². The smallest absolute Gasteiger partial charge is 0.210 e. The standard InChI is InChI=1S/C12H13BrN2O2S/c13-11-5-6-12(15-7-8-18(14,16)17)10-4-2-1-3-9(10)11/h1-6,15H,7-8H2,(H2,14,16,17). The molecule has 2 rings (SSSR count). The lowest BCUT2D eigenvalue weighted by atomic mass is 10.1. The maximum Gasteiger partial charge on any atom is 0.210 e. The molecule has 6 heteroatoms. The van der Waals surface area contributed by atoms with E-state index >= 15 is 0 Å². The fourth-order valence-electron chi connectivity index (χ4n) is 1.74. The number of anilines is 1. The van der Waals surface area contributed by atoms with Crippen LogP contribution >= 0.6 is 15.9 Å². The van der Waals surface area contributed by atoms with Gasteiger partial charge in [0, 0.05) is 22.1 Å². The summed E-state index contributed by atoms with van der Waals surface area (Å²) in [4.78, 5) is 0. The van der Waals surface area contributed by atoms with Crippen LogP contribution < -0.4 is 10.5 Å². The van der Waals surface area contributed by atoms with Gasteiger partial charge in [0.1, 0.15) is 0 Å². The number of rotatable bonds is 4. The van der Waals surface area contributed by atoms with Crippen molar-refractivity contribution in [1.82, 2.24) is 0 Å². The first-order valence-corrected chi connectivity index (χ1v) is 7.90. The minimum atomic E-state index is -3.43. The van der Waals surface area contributed by atoms with Crippen LogP contribution in [0, 0.1) is 0 Å². The highest BCUT2D eigenvalue weighted by molar-refractivity contribution is 9.10. The van der Waals surface area contributed by atoms with Gasteiger partial charge in [-0.2, -0.15) is 0 Å². The molecule has 0 aromatic heterocycles. The van der Waals surface area contributed by atoms with E-state index in [1.165, 1.54) is 0 Å². The Morgan fingerprint density at radius 2 is 1.78 bits per heavy atom. The zero-order chi connectivity index (χ0) is 13.2. The Morgan fingerprint density at radius 1 is 1.11 bits per heavy atom. The lowest BCUT2D eigenvalue weighted by Crippen LogP contribution is -2.22. The number of benzene rings is 2. The van der Waals surface area contributed by atoms with Crippen LogP contribution in [0.15, 0.2) is 40.9 Å². The molecular weight excluding hydrogens is 316 g/mol. The number of hydrogen-bond acceptors (Lipinski definition) is 3. The van der Waals surface area contributed by atoms with Crippen molar-refractivity contribution in [3.63, 3.8) is 0 Å². The third-order valence-corrected chi connectivity index (χ3v) is 4.04. The predicted octanol–water partition coefficient (Wildman–Crippen LogP) is 2.30. The maximum absolute atomic E-state index is 10.9. The van der Waals surface area contributed by atoms with Crippen molar-refractivity contribution in [2.45, 2.75) is 0 Å². The summed E-state index contributed by atoms with van der Waals surface area (Å²) >= 11 is 3.49. The van der Waals surface area contributed by atoms with Gasteiger partial charge in [-0.3, -0.25) is 0 Å². The zero-order valence-corrected chi connectivity index (χ0v) is 12.0. The van der Waals surface area contributed by atoms with Crippen molar-refractivity contribution in [2.24, 2.45) is 5.14 Å². The van der Waals surface area contributed by atoms with Gasteiger partial charge in [0.2, 0.25) is 10.0 Å². The second kappa shape index (κ2) is 5.26. The van der Waals surface area contributed by atoms with Gasteiger partial charge in [0.15, 0.2) is 0 Å². The average molecular weight is 329 g/mol. The Labute approximate surface area is 114 Å². The third kappa shape index (κ3) is 3.22. The first-order chi connectivity index (χ1) is 8.47. The molecule has 0 spiro atoms. The number of nitrogens with one attached hydrogen (secondary N) is 1. The monoisotopic (exact) mass is 328 g/mol. The molecule has 0 saturated carbocycles.